The van der Waals surface area contributed by atoms with Crippen LogP contribution in [0.2, 0.25) is 0 Å². The topological polar surface area (TPSA) is 75.5 Å². The number of rotatable bonds is 5. The monoisotopic (exact) mass is 458 g/mol. The van der Waals surface area contributed by atoms with Gasteiger partial charge in [-0.3, -0.25) is 15.1 Å². The average molecular weight is 459 g/mol. The zero-order valence-electron chi connectivity index (χ0n) is 18.2. The third-order valence-corrected chi connectivity index (χ3v) is 6.37. The zero-order chi connectivity index (χ0) is 22.8. The van der Waals surface area contributed by atoms with Crippen LogP contribution < -0.4 is 25.4 Å². The van der Waals surface area contributed by atoms with Crippen molar-refractivity contribution in [2.24, 2.45) is 10.1 Å². The fraction of sp³-hybridized carbons (Fsp3) is 0.160. The summed E-state index contributed by atoms with van der Waals surface area (Å²) in [5.74, 6) is 1.71. The fourth-order valence-electron chi connectivity index (χ4n) is 3.85. The lowest BCUT2D eigenvalue weighted by molar-refractivity contribution is -0.116. The van der Waals surface area contributed by atoms with Gasteiger partial charge in [0.25, 0.3) is 5.91 Å². The molecule has 1 amide bonds. The molecule has 166 valence electrons. The summed E-state index contributed by atoms with van der Waals surface area (Å²) < 4.78 is 10.9. The number of amides is 1. The molecule has 2 aliphatic heterocycles. The van der Waals surface area contributed by atoms with E-state index in [4.69, 9.17) is 19.6 Å². The van der Waals surface area contributed by atoms with Crippen molar-refractivity contribution in [3.63, 3.8) is 0 Å². The number of thioether (sulfide) groups is 1. The van der Waals surface area contributed by atoms with Crippen LogP contribution in [0, 0.1) is 0 Å². The van der Waals surface area contributed by atoms with E-state index in [9.17, 15) is 4.79 Å². The molecule has 2 heterocycles. The number of carbonyl (C=O) groups excluding carboxylic acids is 1. The first kappa shape index (κ1) is 21.1. The quantitative estimate of drug-likeness (QED) is 0.636. The predicted molar refractivity (Wildman–Crippen MR) is 128 cm³/mol. The minimum Gasteiger partial charge on any atom is -0.493 e. The number of benzene rings is 3. The van der Waals surface area contributed by atoms with E-state index in [1.807, 2.05) is 60.7 Å². The molecule has 3 aromatic carbocycles. The molecule has 8 heteroatoms. The van der Waals surface area contributed by atoms with Gasteiger partial charge in [0.1, 0.15) is 5.70 Å². The van der Waals surface area contributed by atoms with Crippen LogP contribution in [0.1, 0.15) is 17.3 Å². The Labute approximate surface area is 195 Å². The number of nitrogens with one attached hydrogen (secondary N) is 1. The second kappa shape index (κ2) is 8.99. The van der Waals surface area contributed by atoms with Crippen LogP contribution >= 0.6 is 11.8 Å². The van der Waals surface area contributed by atoms with Crippen LogP contribution in [0.4, 0.5) is 0 Å². The number of hydrogen-bond donors (Lipinski definition) is 1. The molecule has 0 unspecified atom stereocenters. The molecule has 0 fully saturated rings. The average Bonchev–Trinajstić information content (AvgIpc) is 2.87. The predicted octanol–water partition coefficient (Wildman–Crippen LogP) is 2.78. The number of amidine groups is 1. The van der Waals surface area contributed by atoms with E-state index in [-0.39, 0.29) is 5.91 Å². The highest BCUT2D eigenvalue weighted by atomic mass is 32.2. The van der Waals surface area contributed by atoms with Gasteiger partial charge >= 0.3 is 0 Å². The number of ether oxygens (including phenoxy) is 2. The van der Waals surface area contributed by atoms with Gasteiger partial charge in [-0.05, 0) is 23.8 Å². The molecule has 1 atom stereocenters. The second-order valence-corrected chi connectivity index (χ2v) is 8.43. The maximum absolute atomic E-state index is 13.2. The van der Waals surface area contributed by atoms with Gasteiger partial charge in [-0.25, -0.2) is 5.01 Å². The van der Waals surface area contributed by atoms with Crippen molar-refractivity contribution in [2.45, 2.75) is 11.9 Å². The van der Waals surface area contributed by atoms with E-state index in [1.54, 1.807) is 19.2 Å². The van der Waals surface area contributed by atoms with Crippen molar-refractivity contribution >= 4 is 28.5 Å². The number of para-hydroxylation sites is 1. The van der Waals surface area contributed by atoms with Gasteiger partial charge < -0.3 is 9.47 Å². The standard InChI is InChI=1S/C25H22N4O3S/c1-31-20-13-12-17(14-21(20)32-2)23-26-19-11-7-6-10-18(19)22-24(30)27-25(28-29(22)23)33-15-16-8-4-3-5-9-16/h3-14,23H,15H2,1-2H3,(H,27,28,30)/t23-/m1/s1. The molecule has 0 radical (unpaired) electrons. The Hall–Kier alpha value is -3.78. The zero-order valence-corrected chi connectivity index (χ0v) is 19.0. The third-order valence-electron chi connectivity index (χ3n) is 5.44. The number of carbonyl (C=O) groups is 1. The Morgan fingerprint density at radius 2 is 1.73 bits per heavy atom. The minimum absolute atomic E-state index is 0.201. The lowest BCUT2D eigenvalue weighted by Crippen LogP contribution is -2.50. The minimum atomic E-state index is -0.520. The number of hydrogen-bond acceptors (Lipinski definition) is 7. The second-order valence-electron chi connectivity index (χ2n) is 7.46. The molecule has 5 rings (SSSR count). The number of hydrazone groups is 1. The van der Waals surface area contributed by atoms with Crippen molar-refractivity contribution in [2.75, 3.05) is 14.2 Å². The highest BCUT2D eigenvalue weighted by Crippen LogP contribution is 2.36. The molecule has 0 aromatic heterocycles. The summed E-state index contributed by atoms with van der Waals surface area (Å²) in [6.07, 6.45) is -0.520. The summed E-state index contributed by atoms with van der Waals surface area (Å²) in [6.45, 7) is 0. The van der Waals surface area contributed by atoms with E-state index < -0.39 is 6.17 Å². The van der Waals surface area contributed by atoms with Crippen molar-refractivity contribution in [1.29, 1.82) is 0 Å². The molecule has 0 spiro atoms. The Morgan fingerprint density at radius 1 is 0.970 bits per heavy atom. The first-order chi connectivity index (χ1) is 16.2. The summed E-state index contributed by atoms with van der Waals surface area (Å²) in [6, 6.07) is 23.3. The summed E-state index contributed by atoms with van der Waals surface area (Å²) in [5.41, 5.74) is 2.47. The van der Waals surface area contributed by atoms with Gasteiger partial charge in [0, 0.05) is 16.5 Å². The lowest BCUT2D eigenvalue weighted by atomic mass is 10.1. The van der Waals surface area contributed by atoms with E-state index in [2.05, 4.69) is 17.4 Å². The molecule has 0 saturated carbocycles. The van der Waals surface area contributed by atoms with Crippen LogP contribution in [0.5, 0.6) is 11.5 Å². The summed E-state index contributed by atoms with van der Waals surface area (Å²) in [7, 11) is 3.19. The summed E-state index contributed by atoms with van der Waals surface area (Å²) in [5, 5.41) is 11.5. The first-order valence-electron chi connectivity index (χ1n) is 10.4. The van der Waals surface area contributed by atoms with Crippen LogP contribution in [0.15, 0.2) is 82.9 Å². The van der Waals surface area contributed by atoms with Gasteiger partial charge in [-0.15, -0.1) is 5.10 Å². The van der Waals surface area contributed by atoms with E-state index in [0.717, 1.165) is 21.7 Å². The first-order valence-corrected chi connectivity index (χ1v) is 11.4. The Kier molecular flexibility index (Phi) is 5.75. The number of methoxy groups -OCH3 is 2. The smallest absolute Gasteiger partial charge is 0.276 e. The van der Waals surface area contributed by atoms with Gasteiger partial charge in [-0.1, -0.05) is 66.4 Å². The molecule has 3 aromatic rings. The molecule has 33 heavy (non-hydrogen) atoms. The van der Waals surface area contributed by atoms with Crippen molar-refractivity contribution in [1.82, 2.24) is 10.3 Å². The fourth-order valence-corrected chi connectivity index (χ4v) is 4.66. The SMILES string of the molecule is COc1ccc([C@@H]2N=c3ccccc3=C3C(=O)NC(SCc4ccccc4)=NN32)cc1OC. The van der Waals surface area contributed by atoms with Gasteiger partial charge in [0.05, 0.1) is 19.6 Å². The van der Waals surface area contributed by atoms with Crippen molar-refractivity contribution in [3.8, 4) is 11.5 Å². The van der Waals surface area contributed by atoms with Crippen LogP contribution in [0.25, 0.3) is 5.70 Å². The molecule has 7 nitrogen and oxygen atoms in total. The third kappa shape index (κ3) is 4.05. The van der Waals surface area contributed by atoms with E-state index >= 15 is 0 Å². The van der Waals surface area contributed by atoms with Gasteiger partial charge in [-0.2, -0.15) is 0 Å². The largest absolute Gasteiger partial charge is 0.493 e. The molecular weight excluding hydrogens is 436 g/mol. The molecular formula is C25H22N4O3S. The van der Waals surface area contributed by atoms with Crippen LogP contribution in [-0.4, -0.2) is 30.3 Å². The maximum Gasteiger partial charge on any atom is 0.276 e. The molecule has 2 aliphatic rings. The molecule has 0 bridgehead atoms. The van der Waals surface area contributed by atoms with Crippen molar-refractivity contribution in [3.05, 3.63) is 94.5 Å². The Balaban J connectivity index is 1.58. The maximum atomic E-state index is 13.2. The highest BCUT2D eigenvalue weighted by molar-refractivity contribution is 8.13. The van der Waals surface area contributed by atoms with Gasteiger partial charge in [0.15, 0.2) is 22.8 Å². The van der Waals surface area contributed by atoms with Crippen molar-refractivity contribution < 1.29 is 14.3 Å². The van der Waals surface area contributed by atoms with Crippen LogP contribution in [-0.2, 0) is 10.5 Å². The highest BCUT2D eigenvalue weighted by Gasteiger charge is 2.34. The molecule has 1 N–H and O–H groups in total. The normalized spacial score (nSPS) is 16.7. The number of nitrogens with zero attached hydrogens (tertiary/aromatic N) is 3. The van der Waals surface area contributed by atoms with Gasteiger partial charge in [0.2, 0.25) is 0 Å². The Bertz CT molecular complexity index is 1360. The molecule has 0 aliphatic carbocycles. The summed E-state index contributed by atoms with van der Waals surface area (Å²) >= 11 is 1.48. The van der Waals surface area contributed by atoms with E-state index in [1.165, 1.54) is 11.8 Å². The van der Waals surface area contributed by atoms with E-state index in [0.29, 0.717) is 28.1 Å². The van der Waals surface area contributed by atoms with Crippen LogP contribution in [0.3, 0.4) is 0 Å². The summed E-state index contributed by atoms with van der Waals surface area (Å²) in [4.78, 5) is 18.2. The number of fused-ring (bicyclic) bond motifs is 2. The Morgan fingerprint density at radius 3 is 2.52 bits per heavy atom. The molecule has 0 saturated heterocycles. The lowest BCUT2D eigenvalue weighted by Gasteiger charge is -2.34.